The normalized spacial score (nSPS) is 15.6. The molecule has 0 saturated heterocycles. The molecule has 0 bridgehead atoms. The van der Waals surface area contributed by atoms with Crippen LogP contribution in [0.1, 0.15) is 25.3 Å². The summed E-state index contributed by atoms with van der Waals surface area (Å²) in [6.07, 6.45) is 3.21. The van der Waals surface area contributed by atoms with Gasteiger partial charge in [0.15, 0.2) is 0 Å². The predicted octanol–water partition coefficient (Wildman–Crippen LogP) is 1.53. The third-order valence-electron chi connectivity index (χ3n) is 3.33. The predicted molar refractivity (Wildman–Crippen MR) is 76.6 cm³/mol. The Balaban J connectivity index is 1.92. The first-order chi connectivity index (χ1) is 9.12. The molecule has 2 N–H and O–H groups in total. The highest BCUT2D eigenvalue weighted by Gasteiger charge is 2.24. The first kappa shape index (κ1) is 14.5. The first-order valence-electron chi connectivity index (χ1n) is 6.91. The average molecular weight is 282 g/mol. The molecule has 106 valence electrons. The van der Waals surface area contributed by atoms with E-state index in [2.05, 4.69) is 17.0 Å². The van der Waals surface area contributed by atoms with Crippen LogP contribution in [0.15, 0.2) is 29.2 Å². The molecule has 4 nitrogen and oxygen atoms in total. The molecule has 5 heteroatoms. The lowest BCUT2D eigenvalue weighted by Gasteiger charge is -2.07. The summed E-state index contributed by atoms with van der Waals surface area (Å²) in [7, 11) is -3.32. The van der Waals surface area contributed by atoms with Crippen molar-refractivity contribution in [3.8, 4) is 0 Å². The van der Waals surface area contributed by atoms with E-state index in [1.807, 2.05) is 12.1 Å². The maximum absolute atomic E-state index is 12.0. The summed E-state index contributed by atoms with van der Waals surface area (Å²) >= 11 is 0. The fourth-order valence-electron chi connectivity index (χ4n) is 1.88. The lowest BCUT2D eigenvalue weighted by molar-refractivity contribution is 0.577. The van der Waals surface area contributed by atoms with Crippen LogP contribution < -0.4 is 10.0 Å². The van der Waals surface area contributed by atoms with Crippen molar-refractivity contribution in [2.75, 3.05) is 19.6 Å². The largest absolute Gasteiger partial charge is 0.317 e. The molecule has 1 aliphatic rings. The fraction of sp³-hybridized carbons (Fsp3) is 0.571. The van der Waals surface area contributed by atoms with Crippen LogP contribution in [0.5, 0.6) is 0 Å². The zero-order valence-electron chi connectivity index (χ0n) is 11.4. The van der Waals surface area contributed by atoms with Gasteiger partial charge in [0.05, 0.1) is 4.90 Å². The van der Waals surface area contributed by atoms with Crippen molar-refractivity contribution >= 4 is 10.0 Å². The molecule has 1 fully saturated rings. The minimum atomic E-state index is -3.32. The number of sulfonamides is 1. The number of likely N-dealkylation sites (N-methyl/N-ethyl adjacent to an activating group) is 1. The number of hydrogen-bond acceptors (Lipinski definition) is 3. The minimum Gasteiger partial charge on any atom is -0.317 e. The second-order valence-electron chi connectivity index (χ2n) is 5.04. The quantitative estimate of drug-likeness (QED) is 0.711. The SMILES string of the molecule is CCNCCc1ccc(S(=O)(=O)NCC2CC2)cc1. The molecule has 19 heavy (non-hydrogen) atoms. The van der Waals surface area contributed by atoms with Gasteiger partial charge < -0.3 is 5.32 Å². The van der Waals surface area contributed by atoms with Gasteiger partial charge in [0.1, 0.15) is 0 Å². The van der Waals surface area contributed by atoms with Crippen LogP contribution in [-0.4, -0.2) is 28.1 Å². The van der Waals surface area contributed by atoms with Crippen molar-refractivity contribution in [1.29, 1.82) is 0 Å². The molecule has 1 aromatic rings. The Kier molecular flexibility index (Phi) is 4.96. The van der Waals surface area contributed by atoms with Crippen LogP contribution in [0.4, 0.5) is 0 Å². The highest BCUT2D eigenvalue weighted by atomic mass is 32.2. The van der Waals surface area contributed by atoms with Crippen molar-refractivity contribution in [2.24, 2.45) is 5.92 Å². The van der Waals surface area contributed by atoms with Crippen molar-refractivity contribution in [3.05, 3.63) is 29.8 Å². The molecule has 0 aromatic heterocycles. The molecule has 0 amide bonds. The monoisotopic (exact) mass is 282 g/mol. The van der Waals surface area contributed by atoms with Crippen LogP contribution in [-0.2, 0) is 16.4 Å². The standard InChI is InChI=1S/C14H22N2O2S/c1-2-15-10-9-12-5-7-14(8-6-12)19(17,18)16-11-13-3-4-13/h5-8,13,15-16H,2-4,9-11H2,1H3. The Labute approximate surface area is 115 Å². The lowest BCUT2D eigenvalue weighted by atomic mass is 10.1. The third-order valence-corrected chi connectivity index (χ3v) is 4.77. The molecular weight excluding hydrogens is 260 g/mol. The zero-order chi connectivity index (χ0) is 13.7. The molecular formula is C14H22N2O2S. The summed E-state index contributed by atoms with van der Waals surface area (Å²) < 4.78 is 26.7. The molecule has 0 radical (unpaired) electrons. The van der Waals surface area contributed by atoms with Gasteiger partial charge >= 0.3 is 0 Å². The highest BCUT2D eigenvalue weighted by Crippen LogP contribution is 2.28. The van der Waals surface area contributed by atoms with E-state index in [-0.39, 0.29) is 0 Å². The molecule has 0 unspecified atom stereocenters. The number of hydrogen-bond donors (Lipinski definition) is 2. The summed E-state index contributed by atoms with van der Waals surface area (Å²) in [5, 5.41) is 3.25. The summed E-state index contributed by atoms with van der Waals surface area (Å²) in [4.78, 5) is 0.361. The van der Waals surface area contributed by atoms with Gasteiger partial charge in [-0.2, -0.15) is 0 Å². The Morgan fingerprint density at radius 1 is 1.21 bits per heavy atom. The Morgan fingerprint density at radius 3 is 2.47 bits per heavy atom. The van der Waals surface area contributed by atoms with E-state index >= 15 is 0 Å². The molecule has 0 spiro atoms. The molecule has 0 heterocycles. The van der Waals surface area contributed by atoms with Crippen molar-refractivity contribution in [1.82, 2.24) is 10.0 Å². The van der Waals surface area contributed by atoms with Gasteiger partial charge in [-0.3, -0.25) is 0 Å². The van der Waals surface area contributed by atoms with Crippen LogP contribution in [0.2, 0.25) is 0 Å². The van der Waals surface area contributed by atoms with Gasteiger partial charge in [-0.1, -0.05) is 19.1 Å². The van der Waals surface area contributed by atoms with Crippen LogP contribution in [0, 0.1) is 5.92 Å². The van der Waals surface area contributed by atoms with E-state index < -0.39 is 10.0 Å². The van der Waals surface area contributed by atoms with Crippen LogP contribution >= 0.6 is 0 Å². The summed E-state index contributed by atoms with van der Waals surface area (Å²) in [6.45, 7) is 4.52. The summed E-state index contributed by atoms with van der Waals surface area (Å²) in [5.41, 5.74) is 1.15. The Morgan fingerprint density at radius 2 is 1.89 bits per heavy atom. The van der Waals surface area contributed by atoms with Crippen LogP contribution in [0.3, 0.4) is 0 Å². The molecule has 1 aliphatic carbocycles. The summed E-state index contributed by atoms with van der Waals surface area (Å²) in [6, 6.07) is 7.17. The maximum atomic E-state index is 12.0. The molecule has 1 aromatic carbocycles. The van der Waals surface area contributed by atoms with E-state index in [1.165, 1.54) is 0 Å². The van der Waals surface area contributed by atoms with Gasteiger partial charge in [0, 0.05) is 6.54 Å². The first-order valence-corrected chi connectivity index (χ1v) is 8.39. The van der Waals surface area contributed by atoms with E-state index in [1.54, 1.807) is 12.1 Å². The smallest absolute Gasteiger partial charge is 0.240 e. The zero-order valence-corrected chi connectivity index (χ0v) is 12.2. The van der Waals surface area contributed by atoms with E-state index in [9.17, 15) is 8.42 Å². The topological polar surface area (TPSA) is 58.2 Å². The van der Waals surface area contributed by atoms with Gasteiger partial charge in [0.2, 0.25) is 10.0 Å². The van der Waals surface area contributed by atoms with E-state index in [0.717, 1.165) is 37.9 Å². The fourth-order valence-corrected chi connectivity index (χ4v) is 2.99. The van der Waals surface area contributed by atoms with Gasteiger partial charge in [-0.05, 0) is 56.0 Å². The number of nitrogens with one attached hydrogen (secondary N) is 2. The average Bonchev–Trinajstić information content (AvgIpc) is 3.22. The second-order valence-corrected chi connectivity index (χ2v) is 6.81. The van der Waals surface area contributed by atoms with Gasteiger partial charge in [-0.25, -0.2) is 13.1 Å². The maximum Gasteiger partial charge on any atom is 0.240 e. The number of rotatable bonds is 8. The van der Waals surface area contributed by atoms with Gasteiger partial charge in [-0.15, -0.1) is 0 Å². The molecule has 0 aliphatic heterocycles. The Hall–Kier alpha value is -0.910. The van der Waals surface area contributed by atoms with E-state index in [0.29, 0.717) is 17.4 Å². The Bertz CT molecular complexity index is 493. The minimum absolute atomic E-state index is 0.361. The molecule has 2 rings (SSSR count). The molecule has 1 saturated carbocycles. The van der Waals surface area contributed by atoms with Crippen LogP contribution in [0.25, 0.3) is 0 Å². The van der Waals surface area contributed by atoms with Crippen molar-refractivity contribution in [2.45, 2.75) is 31.1 Å². The number of benzene rings is 1. The third kappa shape index (κ3) is 4.60. The van der Waals surface area contributed by atoms with Gasteiger partial charge in [0.25, 0.3) is 0 Å². The van der Waals surface area contributed by atoms with Crippen molar-refractivity contribution < 1.29 is 8.42 Å². The molecule has 0 atom stereocenters. The lowest BCUT2D eigenvalue weighted by Crippen LogP contribution is -2.25. The summed E-state index contributed by atoms with van der Waals surface area (Å²) in [5.74, 6) is 0.550. The second kappa shape index (κ2) is 6.50. The highest BCUT2D eigenvalue weighted by molar-refractivity contribution is 7.89. The van der Waals surface area contributed by atoms with Crippen molar-refractivity contribution in [3.63, 3.8) is 0 Å². The van der Waals surface area contributed by atoms with E-state index in [4.69, 9.17) is 0 Å².